The van der Waals surface area contributed by atoms with Crippen LogP contribution in [0.2, 0.25) is 0 Å². The van der Waals surface area contributed by atoms with Crippen molar-refractivity contribution in [1.82, 2.24) is 15.1 Å². The Morgan fingerprint density at radius 3 is 2.32 bits per heavy atom. The van der Waals surface area contributed by atoms with Gasteiger partial charge < -0.3 is 19.7 Å². The molecule has 2 aliphatic heterocycles. The molecule has 4 rings (SSSR count). The molecule has 8 heteroatoms. The van der Waals surface area contributed by atoms with Crippen LogP contribution in [0.4, 0.5) is 0 Å². The summed E-state index contributed by atoms with van der Waals surface area (Å²) in [6.45, 7) is 4.99. The number of hydrogen-bond donors (Lipinski definition) is 1. The van der Waals surface area contributed by atoms with E-state index in [0.717, 1.165) is 12.8 Å². The Morgan fingerprint density at radius 2 is 1.77 bits per heavy atom. The van der Waals surface area contributed by atoms with E-state index in [0.29, 0.717) is 37.2 Å². The number of carbonyl (C=O) groups excluding carboxylic acids is 3. The van der Waals surface area contributed by atoms with E-state index < -0.39 is 11.8 Å². The zero-order chi connectivity index (χ0) is 22.2. The summed E-state index contributed by atoms with van der Waals surface area (Å²) >= 11 is 0. The molecule has 1 saturated carbocycles. The molecule has 8 nitrogen and oxygen atoms in total. The second-order valence-electron chi connectivity index (χ2n) is 8.94. The minimum absolute atomic E-state index is 0.0417. The Bertz CT molecular complexity index is 841. The summed E-state index contributed by atoms with van der Waals surface area (Å²) in [7, 11) is 1.57. The van der Waals surface area contributed by atoms with Crippen molar-refractivity contribution in [1.29, 1.82) is 0 Å². The van der Waals surface area contributed by atoms with Gasteiger partial charge in [-0.15, -0.1) is 0 Å². The van der Waals surface area contributed by atoms with Crippen LogP contribution in [0.3, 0.4) is 0 Å². The summed E-state index contributed by atoms with van der Waals surface area (Å²) in [6, 6.07) is 6.13. The van der Waals surface area contributed by atoms with Gasteiger partial charge in [0.25, 0.3) is 5.91 Å². The number of benzene rings is 1. The molecule has 1 atom stereocenters. The van der Waals surface area contributed by atoms with Gasteiger partial charge in [-0.25, -0.2) is 0 Å². The average molecular weight is 430 g/mol. The lowest BCUT2D eigenvalue weighted by Crippen LogP contribution is -2.60. The fourth-order valence-electron chi connectivity index (χ4n) is 4.49. The predicted molar refractivity (Wildman–Crippen MR) is 113 cm³/mol. The van der Waals surface area contributed by atoms with E-state index in [2.05, 4.69) is 5.32 Å². The normalized spacial score (nSPS) is 22.6. The molecule has 1 aliphatic carbocycles. The molecule has 1 aromatic carbocycles. The van der Waals surface area contributed by atoms with Gasteiger partial charge in [0.2, 0.25) is 11.8 Å². The van der Waals surface area contributed by atoms with E-state index in [-0.39, 0.29) is 36.3 Å². The van der Waals surface area contributed by atoms with Crippen LogP contribution in [0.1, 0.15) is 49.9 Å². The van der Waals surface area contributed by atoms with Crippen LogP contribution < -0.4 is 10.1 Å². The Morgan fingerprint density at radius 1 is 1.13 bits per heavy atom. The molecule has 31 heavy (non-hydrogen) atoms. The lowest BCUT2D eigenvalue weighted by atomic mass is 9.96. The number of rotatable bonds is 5. The average Bonchev–Trinajstić information content (AvgIpc) is 3.55. The molecule has 3 amide bonds. The number of hydrogen-bond acceptors (Lipinski definition) is 5. The fourth-order valence-corrected chi connectivity index (χ4v) is 4.49. The number of likely N-dealkylation sites (tertiary alicyclic amines) is 1. The summed E-state index contributed by atoms with van der Waals surface area (Å²) in [5.74, 6) is 0.566. The second-order valence-corrected chi connectivity index (χ2v) is 8.94. The smallest absolute Gasteiger partial charge is 0.256 e. The van der Waals surface area contributed by atoms with Gasteiger partial charge in [0.05, 0.1) is 13.7 Å². The molecule has 1 N–H and O–H groups in total. The molecule has 1 spiro atoms. The van der Waals surface area contributed by atoms with Crippen molar-refractivity contribution in [2.75, 3.05) is 26.8 Å². The van der Waals surface area contributed by atoms with Gasteiger partial charge in [0.1, 0.15) is 17.5 Å². The summed E-state index contributed by atoms with van der Waals surface area (Å²) < 4.78 is 11.4. The van der Waals surface area contributed by atoms with Gasteiger partial charge in [0.15, 0.2) is 0 Å². The monoisotopic (exact) mass is 429 g/mol. The molecular weight excluding hydrogens is 398 g/mol. The van der Waals surface area contributed by atoms with E-state index >= 15 is 0 Å². The van der Waals surface area contributed by atoms with Crippen molar-refractivity contribution in [2.45, 2.75) is 57.3 Å². The molecule has 168 valence electrons. The van der Waals surface area contributed by atoms with Gasteiger partial charge in [-0.05, 0) is 51.0 Å². The first-order valence-electron chi connectivity index (χ1n) is 11.1. The summed E-state index contributed by atoms with van der Waals surface area (Å²) in [4.78, 5) is 42.5. The number of nitrogens with one attached hydrogen (secondary N) is 1. The lowest BCUT2D eigenvalue weighted by Gasteiger charge is -2.44. The molecule has 1 unspecified atom stereocenters. The van der Waals surface area contributed by atoms with Crippen LogP contribution in [0.5, 0.6) is 5.75 Å². The lowest BCUT2D eigenvalue weighted by molar-refractivity contribution is -0.144. The van der Waals surface area contributed by atoms with E-state index in [4.69, 9.17) is 9.47 Å². The van der Waals surface area contributed by atoms with Crippen LogP contribution in [0.25, 0.3) is 0 Å². The maximum Gasteiger partial charge on any atom is 0.256 e. The number of methoxy groups -OCH3 is 1. The molecule has 2 saturated heterocycles. The molecule has 0 bridgehead atoms. The zero-order valence-corrected chi connectivity index (χ0v) is 18.4. The van der Waals surface area contributed by atoms with Crippen LogP contribution >= 0.6 is 0 Å². The molecule has 0 radical (unpaired) electrons. The molecule has 3 fully saturated rings. The molecule has 2 heterocycles. The Balaban J connectivity index is 1.58. The predicted octanol–water partition coefficient (Wildman–Crippen LogP) is 1.79. The van der Waals surface area contributed by atoms with Gasteiger partial charge in [0, 0.05) is 43.5 Å². The van der Waals surface area contributed by atoms with Gasteiger partial charge in [-0.2, -0.15) is 0 Å². The number of ether oxygens (including phenoxy) is 2. The Labute approximate surface area is 182 Å². The van der Waals surface area contributed by atoms with Gasteiger partial charge in [-0.3, -0.25) is 19.3 Å². The highest BCUT2D eigenvalue weighted by atomic mass is 16.5. The largest absolute Gasteiger partial charge is 0.497 e. The number of carbonyl (C=O) groups is 3. The summed E-state index contributed by atoms with van der Waals surface area (Å²) in [5, 5.41) is 2.91. The number of nitrogens with zero attached hydrogens (tertiary/aromatic N) is 2. The Hall–Kier alpha value is -2.61. The van der Waals surface area contributed by atoms with Gasteiger partial charge in [-0.1, -0.05) is 0 Å². The van der Waals surface area contributed by atoms with E-state index in [1.165, 1.54) is 0 Å². The standard InChI is InChI=1S/C23H31N3O5/c1-15(2)24-20(27)19-14-31-23(10-12-25(13-11-23)21(28)16-4-5-16)26(19)22(29)17-6-8-18(30-3)9-7-17/h6-9,15-16,19H,4-5,10-14H2,1-3H3,(H,24,27). The van der Waals surface area contributed by atoms with Crippen molar-refractivity contribution in [3.63, 3.8) is 0 Å². The van der Waals surface area contributed by atoms with E-state index in [1.807, 2.05) is 18.7 Å². The highest BCUT2D eigenvalue weighted by Gasteiger charge is 2.54. The fraction of sp³-hybridized carbons (Fsp3) is 0.609. The van der Waals surface area contributed by atoms with Gasteiger partial charge >= 0.3 is 0 Å². The zero-order valence-electron chi connectivity index (χ0n) is 18.4. The third-order valence-corrected chi connectivity index (χ3v) is 6.33. The van der Waals surface area contributed by atoms with Crippen molar-refractivity contribution in [3.8, 4) is 5.75 Å². The first-order chi connectivity index (χ1) is 14.8. The summed E-state index contributed by atoms with van der Waals surface area (Å²) in [5.41, 5.74) is -0.402. The molecular formula is C23H31N3O5. The van der Waals surface area contributed by atoms with Crippen LogP contribution in [0.15, 0.2) is 24.3 Å². The quantitative estimate of drug-likeness (QED) is 0.771. The number of piperidine rings is 1. The second kappa shape index (κ2) is 8.49. The first kappa shape index (κ1) is 21.6. The van der Waals surface area contributed by atoms with Crippen LogP contribution in [0, 0.1) is 5.92 Å². The highest BCUT2D eigenvalue weighted by Crippen LogP contribution is 2.40. The topological polar surface area (TPSA) is 88.2 Å². The van der Waals surface area contributed by atoms with Crippen molar-refractivity contribution in [2.24, 2.45) is 5.92 Å². The van der Waals surface area contributed by atoms with Crippen LogP contribution in [-0.4, -0.2) is 72.1 Å². The Kier molecular flexibility index (Phi) is 5.92. The number of amides is 3. The van der Waals surface area contributed by atoms with Crippen molar-refractivity contribution in [3.05, 3.63) is 29.8 Å². The van der Waals surface area contributed by atoms with E-state index in [1.54, 1.807) is 36.3 Å². The minimum Gasteiger partial charge on any atom is -0.497 e. The van der Waals surface area contributed by atoms with E-state index in [9.17, 15) is 14.4 Å². The maximum absolute atomic E-state index is 13.6. The van der Waals surface area contributed by atoms with Crippen molar-refractivity contribution < 1.29 is 23.9 Å². The minimum atomic E-state index is -0.879. The van der Waals surface area contributed by atoms with Crippen LogP contribution in [-0.2, 0) is 14.3 Å². The SMILES string of the molecule is COc1ccc(C(=O)N2C(C(=O)NC(C)C)COC23CCN(C(=O)C2CC2)CC3)cc1. The third-order valence-electron chi connectivity index (χ3n) is 6.33. The molecule has 3 aliphatic rings. The third kappa shape index (κ3) is 4.26. The summed E-state index contributed by atoms with van der Waals surface area (Å²) in [6.07, 6.45) is 2.94. The highest BCUT2D eigenvalue weighted by molar-refractivity contribution is 5.98. The maximum atomic E-state index is 13.6. The molecule has 0 aromatic heterocycles. The first-order valence-corrected chi connectivity index (χ1v) is 11.1. The van der Waals surface area contributed by atoms with Crippen molar-refractivity contribution >= 4 is 17.7 Å². The molecule has 1 aromatic rings.